The van der Waals surface area contributed by atoms with Crippen molar-refractivity contribution in [2.45, 2.75) is 17.5 Å². The van der Waals surface area contributed by atoms with Gasteiger partial charge in [0, 0.05) is 11.3 Å². The number of benzene rings is 3. The van der Waals surface area contributed by atoms with Gasteiger partial charge in [-0.3, -0.25) is 4.57 Å². The van der Waals surface area contributed by atoms with Gasteiger partial charge in [-0.05, 0) is 35.4 Å². The second-order valence-electron chi connectivity index (χ2n) is 6.46. The van der Waals surface area contributed by atoms with Gasteiger partial charge < -0.3 is 0 Å². The van der Waals surface area contributed by atoms with Crippen molar-refractivity contribution >= 4 is 23.4 Å². The van der Waals surface area contributed by atoms with Crippen LogP contribution in [0.4, 0.5) is 0 Å². The van der Waals surface area contributed by atoms with Crippen LogP contribution in [-0.2, 0) is 12.3 Å². The van der Waals surface area contributed by atoms with Crippen LogP contribution in [0.5, 0.6) is 0 Å². The van der Waals surface area contributed by atoms with Gasteiger partial charge in [-0.2, -0.15) is 5.26 Å². The molecule has 1 aromatic heterocycles. The van der Waals surface area contributed by atoms with Gasteiger partial charge in [-0.25, -0.2) is 0 Å². The molecule has 0 saturated heterocycles. The van der Waals surface area contributed by atoms with Crippen LogP contribution < -0.4 is 0 Å². The number of nitriles is 1. The van der Waals surface area contributed by atoms with Crippen LogP contribution >= 0.6 is 23.4 Å². The molecule has 0 aliphatic heterocycles. The Balaban J connectivity index is 1.68. The van der Waals surface area contributed by atoms with E-state index in [1.165, 1.54) is 0 Å². The Morgan fingerprint density at radius 1 is 0.897 bits per heavy atom. The number of thioether (sulfide) groups is 1. The van der Waals surface area contributed by atoms with Crippen LogP contribution in [-0.4, -0.2) is 14.8 Å². The molecule has 0 N–H and O–H groups in total. The average Bonchev–Trinajstić information content (AvgIpc) is 3.15. The first kappa shape index (κ1) is 19.3. The Kier molecular flexibility index (Phi) is 5.95. The van der Waals surface area contributed by atoms with Crippen molar-refractivity contribution in [3.63, 3.8) is 0 Å². The maximum atomic E-state index is 9.12. The summed E-state index contributed by atoms with van der Waals surface area (Å²) in [6, 6.07) is 27.7. The highest BCUT2D eigenvalue weighted by atomic mass is 35.5. The second-order valence-corrected chi connectivity index (χ2v) is 7.81. The highest BCUT2D eigenvalue weighted by Gasteiger charge is 2.17. The van der Waals surface area contributed by atoms with Gasteiger partial charge in [0.15, 0.2) is 11.0 Å². The molecular weight excluding hydrogens is 400 g/mol. The van der Waals surface area contributed by atoms with E-state index in [4.69, 9.17) is 16.9 Å². The van der Waals surface area contributed by atoms with Crippen LogP contribution in [0, 0.1) is 11.3 Å². The summed E-state index contributed by atoms with van der Waals surface area (Å²) >= 11 is 8.03. The molecule has 0 fully saturated rings. The van der Waals surface area contributed by atoms with Crippen LogP contribution in [0.2, 0.25) is 5.02 Å². The topological polar surface area (TPSA) is 54.5 Å². The Morgan fingerprint density at radius 3 is 2.45 bits per heavy atom. The van der Waals surface area contributed by atoms with Gasteiger partial charge in [-0.1, -0.05) is 78.0 Å². The Hall–Kier alpha value is -3.07. The monoisotopic (exact) mass is 416 g/mol. The van der Waals surface area contributed by atoms with Gasteiger partial charge in [0.2, 0.25) is 0 Å². The van der Waals surface area contributed by atoms with E-state index >= 15 is 0 Å². The molecule has 142 valence electrons. The van der Waals surface area contributed by atoms with E-state index < -0.39 is 0 Å². The van der Waals surface area contributed by atoms with E-state index in [0.717, 1.165) is 27.7 Å². The molecule has 0 amide bonds. The summed E-state index contributed by atoms with van der Waals surface area (Å²) in [7, 11) is 0. The molecule has 0 saturated carbocycles. The summed E-state index contributed by atoms with van der Waals surface area (Å²) in [4.78, 5) is 0. The molecule has 4 rings (SSSR count). The van der Waals surface area contributed by atoms with Crippen molar-refractivity contribution in [2.75, 3.05) is 0 Å². The van der Waals surface area contributed by atoms with E-state index in [2.05, 4.69) is 33.0 Å². The molecule has 6 heteroatoms. The highest BCUT2D eigenvalue weighted by molar-refractivity contribution is 7.98. The summed E-state index contributed by atoms with van der Waals surface area (Å²) in [5.74, 6) is 1.44. The Bertz CT molecular complexity index is 1160. The first-order valence-corrected chi connectivity index (χ1v) is 10.4. The lowest BCUT2D eigenvalue weighted by Crippen LogP contribution is -2.04. The molecule has 4 nitrogen and oxygen atoms in total. The maximum Gasteiger partial charge on any atom is 0.192 e. The lowest BCUT2D eigenvalue weighted by molar-refractivity contribution is 0.714. The number of halogens is 1. The maximum absolute atomic E-state index is 9.12. The smallest absolute Gasteiger partial charge is 0.192 e. The minimum Gasteiger partial charge on any atom is -0.297 e. The zero-order valence-electron chi connectivity index (χ0n) is 15.5. The normalized spacial score (nSPS) is 10.6. The van der Waals surface area contributed by atoms with Crippen LogP contribution in [0.1, 0.15) is 16.7 Å². The van der Waals surface area contributed by atoms with Crippen molar-refractivity contribution in [1.82, 2.24) is 14.8 Å². The van der Waals surface area contributed by atoms with E-state index in [1.807, 2.05) is 66.7 Å². The van der Waals surface area contributed by atoms with Crippen molar-refractivity contribution in [1.29, 1.82) is 5.26 Å². The number of nitrogens with zero attached hydrogens (tertiary/aromatic N) is 4. The molecule has 0 aliphatic carbocycles. The van der Waals surface area contributed by atoms with Gasteiger partial charge in [0.25, 0.3) is 0 Å². The number of aromatic nitrogens is 3. The third kappa shape index (κ3) is 4.51. The van der Waals surface area contributed by atoms with Crippen molar-refractivity contribution < 1.29 is 0 Å². The van der Waals surface area contributed by atoms with Crippen molar-refractivity contribution in [3.05, 3.63) is 101 Å². The van der Waals surface area contributed by atoms with Gasteiger partial charge in [0.05, 0.1) is 23.2 Å². The second kappa shape index (κ2) is 8.95. The van der Waals surface area contributed by atoms with Crippen molar-refractivity contribution in [3.8, 4) is 17.5 Å². The molecular formula is C23H17ClN4S. The van der Waals surface area contributed by atoms with Gasteiger partial charge >= 0.3 is 0 Å². The fraction of sp³-hybridized carbons (Fsp3) is 0.0870. The third-order valence-corrected chi connectivity index (χ3v) is 5.81. The van der Waals surface area contributed by atoms with Crippen LogP contribution in [0.3, 0.4) is 0 Å². The molecule has 4 aromatic rings. The predicted molar refractivity (Wildman–Crippen MR) is 117 cm³/mol. The highest BCUT2D eigenvalue weighted by Crippen LogP contribution is 2.31. The summed E-state index contributed by atoms with van der Waals surface area (Å²) < 4.78 is 2.09. The number of hydrogen-bond donors (Lipinski definition) is 0. The quantitative estimate of drug-likeness (QED) is 0.372. The van der Waals surface area contributed by atoms with E-state index in [-0.39, 0.29) is 0 Å². The molecule has 0 radical (unpaired) electrons. The Morgan fingerprint density at radius 2 is 1.66 bits per heavy atom. The third-order valence-electron chi connectivity index (χ3n) is 4.44. The summed E-state index contributed by atoms with van der Waals surface area (Å²) in [6.07, 6.45) is 0. The zero-order chi connectivity index (χ0) is 20.1. The summed E-state index contributed by atoms with van der Waals surface area (Å²) in [6.45, 7) is 0.648. The molecule has 0 atom stereocenters. The predicted octanol–water partition coefficient (Wildman–Crippen LogP) is 5.81. The molecule has 0 spiro atoms. The molecule has 3 aromatic carbocycles. The average molecular weight is 417 g/mol. The molecule has 0 bridgehead atoms. The van der Waals surface area contributed by atoms with Gasteiger partial charge in [-0.15, -0.1) is 10.2 Å². The first-order chi connectivity index (χ1) is 14.2. The summed E-state index contributed by atoms with van der Waals surface area (Å²) in [5.41, 5.74) is 3.75. The Labute approximate surface area is 178 Å². The number of rotatable bonds is 6. The fourth-order valence-electron chi connectivity index (χ4n) is 3.02. The van der Waals surface area contributed by atoms with Gasteiger partial charge in [0.1, 0.15) is 0 Å². The first-order valence-electron chi connectivity index (χ1n) is 9.08. The lowest BCUT2D eigenvalue weighted by Gasteiger charge is -2.11. The minimum absolute atomic E-state index is 0.646. The molecule has 0 aliphatic rings. The lowest BCUT2D eigenvalue weighted by atomic mass is 10.2. The SMILES string of the molecule is N#Cc1cccc(CSc2nnc(-c3ccccc3Cl)n2Cc2ccccc2)c1. The van der Waals surface area contributed by atoms with Crippen LogP contribution in [0.15, 0.2) is 84.0 Å². The van der Waals surface area contributed by atoms with Crippen LogP contribution in [0.25, 0.3) is 11.4 Å². The van der Waals surface area contributed by atoms with Crippen molar-refractivity contribution in [2.24, 2.45) is 0 Å². The van der Waals surface area contributed by atoms with E-state index in [0.29, 0.717) is 22.9 Å². The van der Waals surface area contributed by atoms with E-state index in [1.54, 1.807) is 11.8 Å². The molecule has 1 heterocycles. The molecule has 29 heavy (non-hydrogen) atoms. The zero-order valence-corrected chi connectivity index (χ0v) is 17.1. The fourth-order valence-corrected chi connectivity index (χ4v) is 4.13. The standard InChI is InChI=1S/C23H17ClN4S/c24-21-12-5-4-11-20(21)22-26-27-23(28(22)15-17-7-2-1-3-8-17)29-16-19-10-6-9-18(13-19)14-25/h1-13H,15-16H2. The molecule has 0 unspecified atom stereocenters. The summed E-state index contributed by atoms with van der Waals surface area (Å²) in [5, 5.41) is 19.5. The number of hydrogen-bond acceptors (Lipinski definition) is 4. The minimum atomic E-state index is 0.646. The van der Waals surface area contributed by atoms with E-state index in [9.17, 15) is 0 Å². The largest absolute Gasteiger partial charge is 0.297 e.